The highest BCUT2D eigenvalue weighted by atomic mass is 16.6. The molecule has 0 bridgehead atoms. The first kappa shape index (κ1) is 19.6. The van der Waals surface area contributed by atoms with Crippen LogP contribution in [0.4, 0.5) is 11.4 Å². The number of carbonyl (C=O) groups is 3. The standard InChI is InChI=1S/C18H17N3O6/c19-16(22)10-11-20(13-6-2-1-3-7-13)17(23)12-27-18(24)14-8-4-5-9-15(14)21(25)26/h1-9H,10-12H2,(H2,19,22). The predicted octanol–water partition coefficient (Wildman–Crippen LogP) is 1.66. The molecule has 0 radical (unpaired) electrons. The summed E-state index contributed by atoms with van der Waals surface area (Å²) < 4.78 is 4.94. The quantitative estimate of drug-likeness (QED) is 0.426. The lowest BCUT2D eigenvalue weighted by Gasteiger charge is -2.22. The van der Waals surface area contributed by atoms with Crippen LogP contribution in [0.25, 0.3) is 0 Å². The largest absolute Gasteiger partial charge is 0.452 e. The van der Waals surface area contributed by atoms with Crippen molar-refractivity contribution < 1.29 is 24.0 Å². The number of nitrogens with zero attached hydrogens (tertiary/aromatic N) is 2. The minimum atomic E-state index is -0.987. The van der Waals surface area contributed by atoms with Gasteiger partial charge in [0.2, 0.25) is 5.91 Å². The summed E-state index contributed by atoms with van der Waals surface area (Å²) in [4.78, 5) is 47.2. The predicted molar refractivity (Wildman–Crippen MR) is 96.0 cm³/mol. The smallest absolute Gasteiger partial charge is 0.345 e. The Morgan fingerprint density at radius 3 is 2.30 bits per heavy atom. The van der Waals surface area contributed by atoms with Gasteiger partial charge in [-0.1, -0.05) is 30.3 Å². The Bertz CT molecular complexity index is 853. The lowest BCUT2D eigenvalue weighted by Crippen LogP contribution is -2.37. The lowest BCUT2D eigenvalue weighted by atomic mass is 10.2. The first-order valence-electron chi connectivity index (χ1n) is 7.94. The first-order valence-corrected chi connectivity index (χ1v) is 7.94. The highest BCUT2D eigenvalue weighted by molar-refractivity contribution is 5.98. The van der Waals surface area contributed by atoms with Crippen molar-refractivity contribution in [1.82, 2.24) is 0 Å². The molecule has 0 aliphatic carbocycles. The number of primary amides is 1. The third kappa shape index (κ3) is 5.36. The Morgan fingerprint density at radius 2 is 1.67 bits per heavy atom. The number of ether oxygens (including phenoxy) is 1. The molecule has 2 aromatic rings. The lowest BCUT2D eigenvalue weighted by molar-refractivity contribution is -0.385. The van der Waals surface area contributed by atoms with Gasteiger partial charge >= 0.3 is 5.97 Å². The Kier molecular flexibility index (Phi) is 6.59. The molecule has 9 heteroatoms. The number of benzene rings is 2. The zero-order valence-electron chi connectivity index (χ0n) is 14.2. The molecule has 0 saturated carbocycles. The summed E-state index contributed by atoms with van der Waals surface area (Å²) >= 11 is 0. The Balaban J connectivity index is 2.10. The van der Waals surface area contributed by atoms with Crippen LogP contribution in [0.15, 0.2) is 54.6 Å². The Labute approximate surface area is 154 Å². The van der Waals surface area contributed by atoms with E-state index in [2.05, 4.69) is 0 Å². The summed E-state index contributed by atoms with van der Waals surface area (Å²) in [5, 5.41) is 11.0. The van der Waals surface area contributed by atoms with E-state index in [0.717, 1.165) is 0 Å². The molecular formula is C18H17N3O6. The molecule has 0 aromatic heterocycles. The monoisotopic (exact) mass is 371 g/mol. The van der Waals surface area contributed by atoms with Crippen LogP contribution < -0.4 is 10.6 Å². The summed E-state index contributed by atoms with van der Waals surface area (Å²) in [6.45, 7) is -0.625. The van der Waals surface area contributed by atoms with Gasteiger partial charge in [-0.05, 0) is 18.2 Å². The number of carbonyl (C=O) groups excluding carboxylic acids is 3. The second kappa shape index (κ2) is 9.09. The van der Waals surface area contributed by atoms with E-state index in [1.54, 1.807) is 30.3 Å². The van der Waals surface area contributed by atoms with Gasteiger partial charge in [-0.25, -0.2) is 4.79 Å². The maximum atomic E-state index is 12.5. The fourth-order valence-corrected chi connectivity index (χ4v) is 2.32. The molecule has 0 aliphatic rings. The molecule has 2 aromatic carbocycles. The van der Waals surface area contributed by atoms with E-state index in [9.17, 15) is 24.5 Å². The van der Waals surface area contributed by atoms with Gasteiger partial charge in [0.25, 0.3) is 11.6 Å². The number of amides is 2. The molecule has 0 aliphatic heterocycles. The van der Waals surface area contributed by atoms with Crippen molar-refractivity contribution >= 4 is 29.2 Å². The van der Waals surface area contributed by atoms with E-state index in [0.29, 0.717) is 5.69 Å². The third-order valence-electron chi connectivity index (χ3n) is 3.60. The van der Waals surface area contributed by atoms with Crippen molar-refractivity contribution in [3.63, 3.8) is 0 Å². The van der Waals surface area contributed by atoms with Gasteiger partial charge in [-0.3, -0.25) is 19.7 Å². The summed E-state index contributed by atoms with van der Waals surface area (Å²) in [6.07, 6.45) is -0.0707. The molecule has 0 heterocycles. The summed E-state index contributed by atoms with van der Waals surface area (Å²) in [5.41, 5.74) is 4.98. The molecule has 2 N–H and O–H groups in total. The van der Waals surface area contributed by atoms with Crippen LogP contribution >= 0.6 is 0 Å². The van der Waals surface area contributed by atoms with Crippen molar-refractivity contribution in [2.45, 2.75) is 6.42 Å². The van der Waals surface area contributed by atoms with Gasteiger partial charge in [-0.2, -0.15) is 0 Å². The zero-order valence-corrected chi connectivity index (χ0v) is 14.2. The SMILES string of the molecule is NC(=O)CCN(C(=O)COC(=O)c1ccccc1[N+](=O)[O-])c1ccccc1. The topological polar surface area (TPSA) is 133 Å². The van der Waals surface area contributed by atoms with Crippen LogP contribution in [0.3, 0.4) is 0 Å². The van der Waals surface area contributed by atoms with Crippen LogP contribution in [0, 0.1) is 10.1 Å². The van der Waals surface area contributed by atoms with Gasteiger partial charge in [0.1, 0.15) is 5.56 Å². The molecule has 2 amide bonds. The summed E-state index contributed by atoms with van der Waals surface area (Å²) in [6, 6.07) is 13.8. The Morgan fingerprint density at radius 1 is 1.04 bits per heavy atom. The van der Waals surface area contributed by atoms with Crippen molar-refractivity contribution in [1.29, 1.82) is 0 Å². The number of nitro groups is 1. The fraction of sp³-hybridized carbons (Fsp3) is 0.167. The number of rotatable bonds is 8. The highest BCUT2D eigenvalue weighted by Crippen LogP contribution is 2.19. The number of hydrogen-bond acceptors (Lipinski definition) is 6. The van der Waals surface area contributed by atoms with E-state index >= 15 is 0 Å². The Hall–Kier alpha value is -3.75. The van der Waals surface area contributed by atoms with Crippen LogP contribution in [0.2, 0.25) is 0 Å². The number of nitrogens with two attached hydrogens (primary N) is 1. The number of anilines is 1. The molecule has 27 heavy (non-hydrogen) atoms. The molecule has 0 atom stereocenters. The molecule has 0 fully saturated rings. The minimum absolute atomic E-state index is 0.0151. The van der Waals surface area contributed by atoms with Gasteiger partial charge in [0.15, 0.2) is 6.61 Å². The molecule has 2 rings (SSSR count). The number of para-hydroxylation sites is 2. The van der Waals surface area contributed by atoms with E-state index in [4.69, 9.17) is 10.5 Å². The highest BCUT2D eigenvalue weighted by Gasteiger charge is 2.23. The van der Waals surface area contributed by atoms with E-state index in [-0.39, 0.29) is 18.5 Å². The molecule has 9 nitrogen and oxygen atoms in total. The van der Waals surface area contributed by atoms with Gasteiger partial charge in [0.05, 0.1) is 4.92 Å². The molecule has 0 saturated heterocycles. The van der Waals surface area contributed by atoms with Crippen LogP contribution in [-0.2, 0) is 14.3 Å². The fourth-order valence-electron chi connectivity index (χ4n) is 2.32. The molecule has 140 valence electrons. The maximum absolute atomic E-state index is 12.5. The molecule has 0 spiro atoms. The van der Waals surface area contributed by atoms with E-state index in [1.807, 2.05) is 0 Å². The normalized spacial score (nSPS) is 10.1. The zero-order chi connectivity index (χ0) is 19.8. The van der Waals surface area contributed by atoms with Gasteiger partial charge in [-0.15, -0.1) is 0 Å². The van der Waals surface area contributed by atoms with Crippen LogP contribution in [0.5, 0.6) is 0 Å². The van der Waals surface area contributed by atoms with Gasteiger partial charge < -0.3 is 15.4 Å². The number of nitro benzene ring substituents is 1. The maximum Gasteiger partial charge on any atom is 0.345 e. The molecule has 0 unspecified atom stereocenters. The van der Waals surface area contributed by atoms with Crippen molar-refractivity contribution in [3.8, 4) is 0 Å². The van der Waals surface area contributed by atoms with Gasteiger partial charge in [0, 0.05) is 24.7 Å². The second-order valence-electron chi connectivity index (χ2n) is 5.45. The average molecular weight is 371 g/mol. The average Bonchev–Trinajstić information content (AvgIpc) is 2.66. The van der Waals surface area contributed by atoms with Crippen molar-refractivity contribution in [2.24, 2.45) is 5.73 Å². The van der Waals surface area contributed by atoms with E-state index in [1.165, 1.54) is 29.2 Å². The minimum Gasteiger partial charge on any atom is -0.452 e. The van der Waals surface area contributed by atoms with Crippen LogP contribution in [0.1, 0.15) is 16.8 Å². The van der Waals surface area contributed by atoms with Crippen LogP contribution in [-0.4, -0.2) is 35.9 Å². The second-order valence-corrected chi connectivity index (χ2v) is 5.45. The number of esters is 1. The third-order valence-corrected chi connectivity index (χ3v) is 3.60. The number of hydrogen-bond donors (Lipinski definition) is 1. The molecular weight excluding hydrogens is 354 g/mol. The van der Waals surface area contributed by atoms with Crippen molar-refractivity contribution in [3.05, 3.63) is 70.3 Å². The summed E-state index contributed by atoms with van der Waals surface area (Å²) in [7, 11) is 0. The van der Waals surface area contributed by atoms with E-state index < -0.39 is 35.0 Å². The van der Waals surface area contributed by atoms with Crippen molar-refractivity contribution in [2.75, 3.05) is 18.1 Å². The summed E-state index contributed by atoms with van der Waals surface area (Å²) in [5.74, 6) is -2.16. The first-order chi connectivity index (χ1) is 12.9.